The van der Waals surface area contributed by atoms with E-state index in [1.54, 1.807) is 0 Å². The fourth-order valence-corrected chi connectivity index (χ4v) is 3.48. The van der Waals surface area contributed by atoms with Crippen LogP contribution in [0.3, 0.4) is 0 Å². The Morgan fingerprint density at radius 3 is 2.44 bits per heavy atom. The van der Waals surface area contributed by atoms with Crippen LogP contribution in [0, 0.1) is 5.92 Å². The fraction of sp³-hybridized carbons (Fsp3) is 0.381. The second-order valence-corrected chi connectivity index (χ2v) is 7.00. The first-order valence-electron chi connectivity index (χ1n) is 9.04. The minimum absolute atomic E-state index is 0.144. The summed E-state index contributed by atoms with van der Waals surface area (Å²) < 4.78 is 0. The number of para-hydroxylation sites is 1. The van der Waals surface area contributed by atoms with Crippen molar-refractivity contribution >= 4 is 11.7 Å². The lowest BCUT2D eigenvalue weighted by molar-refractivity contribution is 0.138. The fourth-order valence-electron chi connectivity index (χ4n) is 3.48. The van der Waals surface area contributed by atoms with E-state index in [0.29, 0.717) is 18.5 Å². The SMILES string of the molecule is CC(C)C(CNC(=O)Nc1ccccc1)N1CCc2ccccc2C1. The average Bonchev–Trinajstić information content (AvgIpc) is 2.62. The van der Waals surface area contributed by atoms with Crippen molar-refractivity contribution in [2.75, 3.05) is 18.4 Å². The van der Waals surface area contributed by atoms with Crippen molar-refractivity contribution in [1.82, 2.24) is 10.2 Å². The Labute approximate surface area is 150 Å². The summed E-state index contributed by atoms with van der Waals surface area (Å²) in [6, 6.07) is 18.4. The van der Waals surface area contributed by atoms with E-state index in [9.17, 15) is 4.79 Å². The largest absolute Gasteiger partial charge is 0.336 e. The summed E-state index contributed by atoms with van der Waals surface area (Å²) in [5.41, 5.74) is 3.68. The summed E-state index contributed by atoms with van der Waals surface area (Å²) in [4.78, 5) is 14.7. The maximum atomic E-state index is 12.2. The summed E-state index contributed by atoms with van der Waals surface area (Å²) in [5.74, 6) is 0.474. The number of rotatable bonds is 5. The Kier molecular flexibility index (Phi) is 5.71. The van der Waals surface area contributed by atoms with E-state index in [1.165, 1.54) is 11.1 Å². The van der Waals surface area contributed by atoms with Crippen molar-refractivity contribution in [3.8, 4) is 0 Å². The second-order valence-electron chi connectivity index (χ2n) is 7.00. The monoisotopic (exact) mass is 337 g/mol. The van der Waals surface area contributed by atoms with Gasteiger partial charge in [0.15, 0.2) is 0 Å². The predicted molar refractivity (Wildman–Crippen MR) is 103 cm³/mol. The molecular weight excluding hydrogens is 310 g/mol. The molecule has 2 N–H and O–H groups in total. The van der Waals surface area contributed by atoms with Crippen molar-refractivity contribution in [3.63, 3.8) is 0 Å². The average molecular weight is 337 g/mol. The van der Waals surface area contributed by atoms with Gasteiger partial charge in [-0.15, -0.1) is 0 Å². The number of carbonyl (C=O) groups is 1. The number of benzene rings is 2. The highest BCUT2D eigenvalue weighted by atomic mass is 16.2. The lowest BCUT2D eigenvalue weighted by Crippen LogP contribution is -2.49. The van der Waals surface area contributed by atoms with Gasteiger partial charge in [-0.2, -0.15) is 0 Å². The summed E-state index contributed by atoms with van der Waals surface area (Å²) in [6.45, 7) is 7.10. The molecule has 0 aliphatic carbocycles. The first-order valence-corrected chi connectivity index (χ1v) is 9.04. The number of hydrogen-bond acceptors (Lipinski definition) is 2. The van der Waals surface area contributed by atoms with Crippen LogP contribution in [-0.2, 0) is 13.0 Å². The van der Waals surface area contributed by atoms with E-state index >= 15 is 0 Å². The molecule has 2 aromatic carbocycles. The number of fused-ring (bicyclic) bond motifs is 1. The molecule has 1 atom stereocenters. The smallest absolute Gasteiger partial charge is 0.319 e. The van der Waals surface area contributed by atoms with Gasteiger partial charge in [0.2, 0.25) is 0 Å². The molecule has 0 fully saturated rings. The lowest BCUT2D eigenvalue weighted by Gasteiger charge is -2.38. The zero-order chi connectivity index (χ0) is 17.6. The Morgan fingerprint density at radius 1 is 1.04 bits per heavy atom. The van der Waals surface area contributed by atoms with E-state index in [0.717, 1.165) is 25.2 Å². The van der Waals surface area contributed by atoms with Crippen molar-refractivity contribution in [3.05, 3.63) is 65.7 Å². The first-order chi connectivity index (χ1) is 12.1. The zero-order valence-electron chi connectivity index (χ0n) is 15.0. The van der Waals surface area contributed by atoms with Gasteiger partial charge in [0.05, 0.1) is 0 Å². The standard InChI is InChI=1S/C21H27N3O/c1-16(2)20(14-22-21(25)23-19-10-4-3-5-11-19)24-13-12-17-8-6-7-9-18(17)15-24/h3-11,16,20H,12-15H2,1-2H3,(H2,22,23,25). The minimum atomic E-state index is -0.144. The maximum Gasteiger partial charge on any atom is 0.319 e. The number of nitrogens with zero attached hydrogens (tertiary/aromatic N) is 1. The number of nitrogens with one attached hydrogen (secondary N) is 2. The minimum Gasteiger partial charge on any atom is -0.336 e. The molecule has 0 saturated heterocycles. The summed E-state index contributed by atoms with van der Waals surface area (Å²) in [6.07, 6.45) is 1.08. The third kappa shape index (κ3) is 4.60. The van der Waals surface area contributed by atoms with Gasteiger partial charge >= 0.3 is 6.03 Å². The molecule has 1 unspecified atom stereocenters. The van der Waals surface area contributed by atoms with Gasteiger partial charge < -0.3 is 10.6 Å². The van der Waals surface area contributed by atoms with E-state index < -0.39 is 0 Å². The van der Waals surface area contributed by atoms with Gasteiger partial charge in [-0.3, -0.25) is 4.90 Å². The highest BCUT2D eigenvalue weighted by molar-refractivity contribution is 5.89. The quantitative estimate of drug-likeness (QED) is 0.869. The molecule has 2 aromatic rings. The van der Waals surface area contributed by atoms with Crippen LogP contribution < -0.4 is 10.6 Å². The Hall–Kier alpha value is -2.33. The molecule has 1 aliphatic rings. The highest BCUT2D eigenvalue weighted by Gasteiger charge is 2.26. The van der Waals surface area contributed by atoms with Crippen molar-refractivity contribution in [2.45, 2.75) is 32.9 Å². The number of anilines is 1. The highest BCUT2D eigenvalue weighted by Crippen LogP contribution is 2.22. The van der Waals surface area contributed by atoms with Crippen LogP contribution >= 0.6 is 0 Å². The van der Waals surface area contributed by atoms with Crippen LogP contribution in [0.15, 0.2) is 54.6 Å². The Morgan fingerprint density at radius 2 is 1.72 bits per heavy atom. The maximum absolute atomic E-state index is 12.2. The Bertz CT molecular complexity index is 699. The molecule has 0 spiro atoms. The van der Waals surface area contributed by atoms with Crippen LogP contribution in [0.4, 0.5) is 10.5 Å². The van der Waals surface area contributed by atoms with Crippen LogP contribution in [0.2, 0.25) is 0 Å². The molecule has 2 amide bonds. The predicted octanol–water partition coefficient (Wildman–Crippen LogP) is 3.89. The topological polar surface area (TPSA) is 44.4 Å². The van der Waals surface area contributed by atoms with Crippen molar-refractivity contribution in [1.29, 1.82) is 0 Å². The molecule has 0 bridgehead atoms. The van der Waals surface area contributed by atoms with E-state index in [-0.39, 0.29) is 6.03 Å². The third-order valence-electron chi connectivity index (χ3n) is 4.90. The van der Waals surface area contributed by atoms with Crippen LogP contribution in [-0.4, -0.2) is 30.1 Å². The summed E-state index contributed by atoms with van der Waals surface area (Å²) in [5, 5.41) is 5.93. The van der Waals surface area contributed by atoms with Gasteiger partial charge in [-0.1, -0.05) is 56.3 Å². The molecule has 1 aliphatic heterocycles. The van der Waals surface area contributed by atoms with E-state index in [1.807, 2.05) is 30.3 Å². The summed E-state index contributed by atoms with van der Waals surface area (Å²) >= 11 is 0. The van der Waals surface area contributed by atoms with Crippen LogP contribution in [0.25, 0.3) is 0 Å². The van der Waals surface area contributed by atoms with Crippen LogP contribution in [0.1, 0.15) is 25.0 Å². The molecular formula is C21H27N3O. The normalized spacial score (nSPS) is 15.5. The second kappa shape index (κ2) is 8.17. The molecule has 132 valence electrons. The molecule has 1 heterocycles. The molecule has 3 rings (SSSR count). The zero-order valence-corrected chi connectivity index (χ0v) is 15.0. The first kappa shape index (κ1) is 17.5. The molecule has 0 radical (unpaired) electrons. The molecule has 0 aromatic heterocycles. The Balaban J connectivity index is 1.58. The van der Waals surface area contributed by atoms with Gasteiger partial charge in [0.1, 0.15) is 0 Å². The molecule has 4 nitrogen and oxygen atoms in total. The number of hydrogen-bond donors (Lipinski definition) is 2. The van der Waals surface area contributed by atoms with Gasteiger partial charge in [0.25, 0.3) is 0 Å². The van der Waals surface area contributed by atoms with Crippen molar-refractivity contribution in [2.24, 2.45) is 5.92 Å². The van der Waals surface area contributed by atoms with Crippen molar-refractivity contribution < 1.29 is 4.79 Å². The number of urea groups is 1. The molecule has 25 heavy (non-hydrogen) atoms. The molecule has 0 saturated carbocycles. The third-order valence-corrected chi connectivity index (χ3v) is 4.90. The van der Waals surface area contributed by atoms with E-state index in [4.69, 9.17) is 0 Å². The number of carbonyl (C=O) groups excluding carboxylic acids is 1. The van der Waals surface area contributed by atoms with E-state index in [2.05, 4.69) is 53.6 Å². The number of amides is 2. The van der Waals surface area contributed by atoms with Crippen LogP contribution in [0.5, 0.6) is 0 Å². The van der Waals surface area contributed by atoms with Gasteiger partial charge in [-0.25, -0.2) is 4.79 Å². The summed E-state index contributed by atoms with van der Waals surface area (Å²) in [7, 11) is 0. The van der Waals surface area contributed by atoms with Gasteiger partial charge in [-0.05, 0) is 35.6 Å². The molecule has 4 heteroatoms. The van der Waals surface area contributed by atoms with Gasteiger partial charge in [0, 0.05) is 31.4 Å². The lowest BCUT2D eigenvalue weighted by atomic mass is 9.95.